The second-order valence-corrected chi connectivity index (χ2v) is 5.52. The van der Waals surface area contributed by atoms with E-state index in [2.05, 4.69) is 5.32 Å². The molecule has 0 radical (unpaired) electrons. The van der Waals surface area contributed by atoms with Crippen LogP contribution in [0.3, 0.4) is 0 Å². The third-order valence-electron chi connectivity index (χ3n) is 4.02. The standard InChI is InChI=1S/C17H22N2O4/c1-3-5-11-23-14(20)12-19-15(21)17(4-2,18-16(19)22)13-9-7-6-8-10-13/h6-10H,3-5,11-12H2,1-2H3,(H,18,22). The molecule has 1 N–H and O–H groups in total. The average Bonchev–Trinajstić information content (AvgIpc) is 2.81. The lowest BCUT2D eigenvalue weighted by Gasteiger charge is -2.25. The van der Waals surface area contributed by atoms with Crippen molar-refractivity contribution in [3.8, 4) is 0 Å². The number of hydrogen-bond donors (Lipinski definition) is 1. The number of amides is 3. The van der Waals surface area contributed by atoms with Gasteiger partial charge in [-0.15, -0.1) is 0 Å². The predicted octanol–water partition coefficient (Wildman–Crippen LogP) is 2.19. The lowest BCUT2D eigenvalue weighted by molar-refractivity contribution is -0.148. The van der Waals surface area contributed by atoms with Crippen molar-refractivity contribution in [2.45, 2.75) is 38.6 Å². The molecule has 1 aromatic rings. The topological polar surface area (TPSA) is 75.7 Å². The van der Waals surface area contributed by atoms with E-state index in [0.29, 0.717) is 18.6 Å². The summed E-state index contributed by atoms with van der Waals surface area (Å²) in [7, 11) is 0. The van der Waals surface area contributed by atoms with Crippen LogP contribution in [0.1, 0.15) is 38.7 Å². The third kappa shape index (κ3) is 3.36. The SMILES string of the molecule is CCCCOC(=O)CN1C(=O)NC(CC)(c2ccccc2)C1=O. The Hall–Kier alpha value is -2.37. The van der Waals surface area contributed by atoms with Crippen LogP contribution in [-0.4, -0.2) is 36.0 Å². The molecule has 3 amide bonds. The molecule has 6 nitrogen and oxygen atoms in total. The number of carbonyl (C=O) groups is 3. The molecule has 2 rings (SSSR count). The first-order chi connectivity index (χ1) is 11.0. The number of unbranched alkanes of at least 4 members (excludes halogenated alkanes) is 1. The summed E-state index contributed by atoms with van der Waals surface area (Å²) < 4.78 is 5.04. The van der Waals surface area contributed by atoms with E-state index in [-0.39, 0.29) is 6.54 Å². The number of carbonyl (C=O) groups excluding carboxylic acids is 3. The molecule has 1 aliphatic rings. The van der Waals surface area contributed by atoms with Gasteiger partial charge in [0, 0.05) is 0 Å². The molecule has 23 heavy (non-hydrogen) atoms. The van der Waals surface area contributed by atoms with Gasteiger partial charge >= 0.3 is 12.0 Å². The molecule has 1 atom stereocenters. The Balaban J connectivity index is 2.14. The Morgan fingerprint density at radius 3 is 2.52 bits per heavy atom. The van der Waals surface area contributed by atoms with Gasteiger partial charge in [-0.3, -0.25) is 14.5 Å². The number of esters is 1. The third-order valence-corrected chi connectivity index (χ3v) is 4.02. The molecule has 1 unspecified atom stereocenters. The van der Waals surface area contributed by atoms with E-state index >= 15 is 0 Å². The highest BCUT2D eigenvalue weighted by molar-refractivity contribution is 6.09. The lowest BCUT2D eigenvalue weighted by atomic mass is 9.87. The summed E-state index contributed by atoms with van der Waals surface area (Å²) >= 11 is 0. The first-order valence-corrected chi connectivity index (χ1v) is 7.90. The summed E-state index contributed by atoms with van der Waals surface area (Å²) in [5.74, 6) is -0.981. The van der Waals surface area contributed by atoms with Crippen LogP contribution in [-0.2, 0) is 19.9 Å². The molecule has 0 aromatic heterocycles. The van der Waals surface area contributed by atoms with E-state index in [1.54, 1.807) is 12.1 Å². The zero-order valence-corrected chi connectivity index (χ0v) is 13.5. The molecule has 1 heterocycles. The predicted molar refractivity (Wildman–Crippen MR) is 84.5 cm³/mol. The minimum absolute atomic E-state index is 0.302. The second kappa shape index (κ2) is 7.26. The number of nitrogens with zero attached hydrogens (tertiary/aromatic N) is 1. The highest BCUT2D eigenvalue weighted by Crippen LogP contribution is 2.32. The van der Waals surface area contributed by atoms with Gasteiger partial charge in [-0.25, -0.2) is 4.79 Å². The van der Waals surface area contributed by atoms with Crippen molar-refractivity contribution < 1.29 is 19.1 Å². The van der Waals surface area contributed by atoms with Crippen molar-refractivity contribution in [3.63, 3.8) is 0 Å². The summed E-state index contributed by atoms with van der Waals surface area (Å²) in [6, 6.07) is 8.50. The van der Waals surface area contributed by atoms with Crippen molar-refractivity contribution in [2.24, 2.45) is 0 Å². The minimum Gasteiger partial charge on any atom is -0.464 e. The van der Waals surface area contributed by atoms with Gasteiger partial charge < -0.3 is 10.1 Å². The fourth-order valence-corrected chi connectivity index (χ4v) is 2.64. The number of ether oxygens (including phenoxy) is 1. The van der Waals surface area contributed by atoms with Gasteiger partial charge in [0.2, 0.25) is 0 Å². The van der Waals surface area contributed by atoms with E-state index in [4.69, 9.17) is 4.74 Å². The van der Waals surface area contributed by atoms with Crippen LogP contribution in [0.5, 0.6) is 0 Å². The van der Waals surface area contributed by atoms with Gasteiger partial charge in [-0.1, -0.05) is 50.6 Å². The molecule has 1 fully saturated rings. The van der Waals surface area contributed by atoms with Gasteiger partial charge in [0.1, 0.15) is 12.1 Å². The maximum Gasteiger partial charge on any atom is 0.326 e. The number of benzene rings is 1. The first-order valence-electron chi connectivity index (χ1n) is 7.90. The van der Waals surface area contributed by atoms with Crippen molar-refractivity contribution in [1.82, 2.24) is 10.2 Å². The molecule has 0 saturated carbocycles. The van der Waals surface area contributed by atoms with Gasteiger partial charge in [0.25, 0.3) is 5.91 Å². The van der Waals surface area contributed by atoms with Gasteiger partial charge in [-0.2, -0.15) is 0 Å². The summed E-state index contributed by atoms with van der Waals surface area (Å²) in [6.07, 6.45) is 2.07. The smallest absolute Gasteiger partial charge is 0.326 e. The van der Waals surface area contributed by atoms with E-state index in [9.17, 15) is 14.4 Å². The number of imide groups is 1. The van der Waals surface area contributed by atoms with Crippen LogP contribution in [0.15, 0.2) is 30.3 Å². The number of hydrogen-bond acceptors (Lipinski definition) is 4. The zero-order valence-electron chi connectivity index (χ0n) is 13.5. The lowest BCUT2D eigenvalue weighted by Crippen LogP contribution is -2.44. The highest BCUT2D eigenvalue weighted by atomic mass is 16.5. The molecule has 0 spiro atoms. The van der Waals surface area contributed by atoms with Crippen LogP contribution in [0.2, 0.25) is 0 Å². The van der Waals surface area contributed by atoms with Gasteiger partial charge in [0.15, 0.2) is 0 Å². The largest absolute Gasteiger partial charge is 0.464 e. The van der Waals surface area contributed by atoms with Gasteiger partial charge in [-0.05, 0) is 18.4 Å². The molecule has 0 bridgehead atoms. The molecule has 124 valence electrons. The maximum atomic E-state index is 12.8. The molecule has 1 aromatic carbocycles. The quantitative estimate of drug-likeness (QED) is 0.475. The van der Waals surface area contributed by atoms with Crippen LogP contribution in [0.25, 0.3) is 0 Å². The van der Waals surface area contributed by atoms with Gasteiger partial charge in [0.05, 0.1) is 6.61 Å². The summed E-state index contributed by atoms with van der Waals surface area (Å²) in [6.45, 7) is 3.76. The van der Waals surface area contributed by atoms with E-state index < -0.39 is 23.4 Å². The number of nitrogens with one attached hydrogen (secondary N) is 1. The van der Waals surface area contributed by atoms with Crippen LogP contribution in [0, 0.1) is 0 Å². The highest BCUT2D eigenvalue weighted by Gasteiger charge is 2.51. The number of rotatable bonds is 7. The second-order valence-electron chi connectivity index (χ2n) is 5.52. The van der Waals surface area contributed by atoms with Crippen molar-refractivity contribution in [3.05, 3.63) is 35.9 Å². The summed E-state index contributed by atoms with van der Waals surface area (Å²) in [5, 5.41) is 2.74. The molecule has 1 saturated heterocycles. The average molecular weight is 318 g/mol. The maximum absolute atomic E-state index is 12.8. The Kier molecular flexibility index (Phi) is 5.36. The fraction of sp³-hybridized carbons (Fsp3) is 0.471. The summed E-state index contributed by atoms with van der Waals surface area (Å²) in [5.41, 5.74) is -0.398. The Bertz CT molecular complexity index is 588. The van der Waals surface area contributed by atoms with Crippen LogP contribution in [0.4, 0.5) is 4.79 Å². The van der Waals surface area contributed by atoms with E-state index in [1.807, 2.05) is 32.0 Å². The van der Waals surface area contributed by atoms with Crippen molar-refractivity contribution in [1.29, 1.82) is 0 Å². The molecule has 1 aliphatic heterocycles. The summed E-state index contributed by atoms with van der Waals surface area (Å²) in [4.78, 5) is 37.7. The molecule has 6 heteroatoms. The monoisotopic (exact) mass is 318 g/mol. The Morgan fingerprint density at radius 2 is 1.91 bits per heavy atom. The Labute approximate surface area is 135 Å². The van der Waals surface area contributed by atoms with Crippen molar-refractivity contribution in [2.75, 3.05) is 13.2 Å². The van der Waals surface area contributed by atoms with Crippen molar-refractivity contribution >= 4 is 17.9 Å². The number of urea groups is 1. The normalized spacial score (nSPS) is 20.5. The van der Waals surface area contributed by atoms with E-state index in [1.165, 1.54) is 0 Å². The first kappa shape index (κ1) is 17.0. The zero-order chi connectivity index (χ0) is 16.9. The van der Waals surface area contributed by atoms with Crippen LogP contribution < -0.4 is 5.32 Å². The molecule has 0 aliphatic carbocycles. The Morgan fingerprint density at radius 1 is 1.22 bits per heavy atom. The van der Waals surface area contributed by atoms with Crippen LogP contribution >= 0.6 is 0 Å². The fourth-order valence-electron chi connectivity index (χ4n) is 2.64. The molecular formula is C17H22N2O4. The molecular weight excluding hydrogens is 296 g/mol. The minimum atomic E-state index is -1.11. The van der Waals surface area contributed by atoms with E-state index in [0.717, 1.165) is 17.7 Å².